The maximum atomic E-state index is 12.6. The number of nitrogens with two attached hydrogens (primary N) is 1. The molecule has 1 unspecified atom stereocenters. The molecular formula is C45H86NO10P. The summed E-state index contributed by atoms with van der Waals surface area (Å²) in [5, 5.41) is 8.90. The van der Waals surface area contributed by atoms with Crippen LogP contribution in [-0.4, -0.2) is 59.9 Å². The van der Waals surface area contributed by atoms with Gasteiger partial charge < -0.3 is 25.2 Å². The molecule has 0 aromatic rings. The van der Waals surface area contributed by atoms with E-state index in [9.17, 15) is 23.8 Å². The number of carbonyl (C=O) groups is 3. The molecule has 336 valence electrons. The van der Waals surface area contributed by atoms with Crippen LogP contribution in [0, 0.1) is 0 Å². The first kappa shape index (κ1) is 55.2. The number of hydrogen-bond donors (Lipinski definition) is 3. The van der Waals surface area contributed by atoms with E-state index >= 15 is 0 Å². The number of phosphoric ester groups is 1. The molecule has 0 bridgehead atoms. The Bertz CT molecular complexity index is 1010. The maximum absolute atomic E-state index is 12.6. The number of rotatable bonds is 45. The summed E-state index contributed by atoms with van der Waals surface area (Å²) in [4.78, 5) is 46.0. The maximum Gasteiger partial charge on any atom is 0.472 e. The monoisotopic (exact) mass is 832 g/mol. The van der Waals surface area contributed by atoms with E-state index in [0.717, 1.165) is 44.9 Å². The van der Waals surface area contributed by atoms with Crippen LogP contribution in [0.2, 0.25) is 0 Å². The summed E-state index contributed by atoms with van der Waals surface area (Å²) in [6.07, 6.45) is 40.2. The minimum atomic E-state index is -4.71. The fourth-order valence-corrected chi connectivity index (χ4v) is 7.53. The van der Waals surface area contributed by atoms with Gasteiger partial charge in [-0.15, -0.1) is 6.58 Å². The molecule has 0 saturated carbocycles. The Morgan fingerprint density at radius 1 is 0.561 bits per heavy atom. The van der Waals surface area contributed by atoms with Gasteiger partial charge in [-0.25, -0.2) is 4.57 Å². The number of unbranched alkanes of at least 4 members (excludes halogenated alkanes) is 30. The first-order valence-corrected chi connectivity index (χ1v) is 24.7. The minimum absolute atomic E-state index is 0.167. The summed E-state index contributed by atoms with van der Waals surface area (Å²) in [7, 11) is -4.71. The molecule has 0 spiro atoms. The first-order chi connectivity index (χ1) is 27.6. The van der Waals surface area contributed by atoms with Crippen molar-refractivity contribution in [2.24, 2.45) is 5.73 Å². The molecule has 0 aliphatic heterocycles. The number of carbonyl (C=O) groups excluding carboxylic acids is 2. The zero-order valence-corrected chi connectivity index (χ0v) is 37.2. The van der Waals surface area contributed by atoms with Gasteiger partial charge in [-0.1, -0.05) is 193 Å². The third kappa shape index (κ3) is 40.8. The van der Waals surface area contributed by atoms with Crippen molar-refractivity contribution < 1.29 is 47.5 Å². The zero-order valence-electron chi connectivity index (χ0n) is 36.3. The van der Waals surface area contributed by atoms with E-state index in [1.807, 2.05) is 6.08 Å². The molecule has 0 fully saturated rings. The van der Waals surface area contributed by atoms with Gasteiger partial charge >= 0.3 is 25.7 Å². The molecule has 0 saturated heterocycles. The van der Waals surface area contributed by atoms with Gasteiger partial charge in [-0.3, -0.25) is 23.4 Å². The van der Waals surface area contributed by atoms with E-state index in [1.54, 1.807) is 0 Å². The lowest BCUT2D eigenvalue weighted by Crippen LogP contribution is -2.34. The van der Waals surface area contributed by atoms with Crippen LogP contribution in [0.15, 0.2) is 12.7 Å². The number of carboxylic acid groups (broad SMARTS) is 1. The highest BCUT2D eigenvalue weighted by atomic mass is 31.2. The van der Waals surface area contributed by atoms with Crippen molar-refractivity contribution in [3.05, 3.63) is 12.7 Å². The lowest BCUT2D eigenvalue weighted by molar-refractivity contribution is -0.161. The molecule has 0 heterocycles. The van der Waals surface area contributed by atoms with Crippen molar-refractivity contribution in [2.75, 3.05) is 19.8 Å². The smallest absolute Gasteiger partial charge is 0.472 e. The Labute approximate surface area is 348 Å². The molecule has 11 nitrogen and oxygen atoms in total. The molecule has 0 aliphatic rings. The van der Waals surface area contributed by atoms with Crippen molar-refractivity contribution in [1.82, 2.24) is 0 Å². The summed E-state index contributed by atoms with van der Waals surface area (Å²) in [5.41, 5.74) is 5.34. The van der Waals surface area contributed by atoms with E-state index in [2.05, 4.69) is 18.0 Å². The normalized spacial score (nSPS) is 13.5. The Morgan fingerprint density at radius 2 is 0.912 bits per heavy atom. The van der Waals surface area contributed by atoms with Crippen LogP contribution in [0.5, 0.6) is 0 Å². The van der Waals surface area contributed by atoms with Gasteiger partial charge in [0, 0.05) is 12.8 Å². The van der Waals surface area contributed by atoms with E-state index < -0.39 is 51.1 Å². The summed E-state index contributed by atoms with van der Waals surface area (Å²) in [5.74, 6) is -2.36. The Hall–Kier alpha value is -1.78. The lowest BCUT2D eigenvalue weighted by Gasteiger charge is -2.20. The van der Waals surface area contributed by atoms with Crippen LogP contribution < -0.4 is 5.73 Å². The van der Waals surface area contributed by atoms with Crippen LogP contribution in [0.1, 0.15) is 225 Å². The van der Waals surface area contributed by atoms with Crippen LogP contribution in [0.4, 0.5) is 0 Å². The highest BCUT2D eigenvalue weighted by Crippen LogP contribution is 2.43. The number of phosphoric acid groups is 1. The minimum Gasteiger partial charge on any atom is -0.480 e. The topological polar surface area (TPSA) is 172 Å². The highest BCUT2D eigenvalue weighted by Gasteiger charge is 2.28. The summed E-state index contributed by atoms with van der Waals surface area (Å²) in [6.45, 7) is 4.36. The number of esters is 2. The van der Waals surface area contributed by atoms with Crippen molar-refractivity contribution in [3.8, 4) is 0 Å². The molecule has 0 aromatic heterocycles. The number of allylic oxidation sites excluding steroid dienone is 1. The molecule has 4 N–H and O–H groups in total. The van der Waals surface area contributed by atoms with E-state index in [0.29, 0.717) is 12.8 Å². The van der Waals surface area contributed by atoms with Gasteiger partial charge in [0.15, 0.2) is 6.10 Å². The predicted molar refractivity (Wildman–Crippen MR) is 231 cm³/mol. The standard InChI is InChI=1S/C45H86NO10P/c1-3-5-7-9-11-13-15-17-19-20-21-23-25-27-29-31-33-35-37-44(48)56-41(39-54-57(51,52)55-40-42(46)45(49)50)38-53-43(47)36-34-32-30-28-26-24-22-18-16-14-12-10-8-6-4-2/h4,41-42H,2-3,5-40,46H2,1H3,(H,49,50)(H,51,52)/t41-,42+/m1/s1. The van der Waals surface area contributed by atoms with E-state index in [-0.39, 0.29) is 19.4 Å². The third-order valence-corrected chi connectivity index (χ3v) is 11.4. The first-order valence-electron chi connectivity index (χ1n) is 23.2. The van der Waals surface area contributed by atoms with Crippen LogP contribution >= 0.6 is 7.82 Å². The molecule has 3 atom stereocenters. The highest BCUT2D eigenvalue weighted by molar-refractivity contribution is 7.47. The largest absolute Gasteiger partial charge is 0.480 e. The van der Waals surface area contributed by atoms with Crippen LogP contribution in [-0.2, 0) is 37.5 Å². The van der Waals surface area contributed by atoms with E-state index in [4.69, 9.17) is 24.8 Å². The summed E-state index contributed by atoms with van der Waals surface area (Å²) in [6, 6.07) is -1.52. The van der Waals surface area contributed by atoms with E-state index in [1.165, 1.54) is 148 Å². The van der Waals surface area contributed by atoms with Crippen molar-refractivity contribution in [1.29, 1.82) is 0 Å². The molecule has 57 heavy (non-hydrogen) atoms. The molecule has 0 radical (unpaired) electrons. The van der Waals surface area contributed by atoms with Gasteiger partial charge in [-0.2, -0.15) is 0 Å². The second-order valence-corrected chi connectivity index (χ2v) is 17.4. The average molecular weight is 832 g/mol. The second kappa shape index (κ2) is 41.0. The third-order valence-electron chi connectivity index (χ3n) is 10.4. The zero-order chi connectivity index (χ0) is 42.1. The fourth-order valence-electron chi connectivity index (χ4n) is 6.75. The number of ether oxygens (including phenoxy) is 2. The molecule has 0 aromatic carbocycles. The quantitative estimate of drug-likeness (QED) is 0.0231. The Morgan fingerprint density at radius 3 is 1.30 bits per heavy atom. The molecule has 0 amide bonds. The lowest BCUT2D eigenvalue weighted by atomic mass is 10.0. The van der Waals surface area contributed by atoms with Crippen molar-refractivity contribution in [2.45, 2.75) is 237 Å². The molecule has 12 heteroatoms. The Kier molecular flexibility index (Phi) is 39.7. The number of hydrogen-bond acceptors (Lipinski definition) is 9. The van der Waals surface area contributed by atoms with Gasteiger partial charge in [-0.05, 0) is 25.7 Å². The Balaban J connectivity index is 4.26. The van der Waals surface area contributed by atoms with Gasteiger partial charge in [0.25, 0.3) is 0 Å². The number of carboxylic acids is 1. The average Bonchev–Trinajstić information content (AvgIpc) is 3.19. The van der Waals surface area contributed by atoms with Gasteiger partial charge in [0.2, 0.25) is 0 Å². The van der Waals surface area contributed by atoms with Crippen LogP contribution in [0.25, 0.3) is 0 Å². The van der Waals surface area contributed by atoms with Gasteiger partial charge in [0.05, 0.1) is 13.2 Å². The van der Waals surface area contributed by atoms with Crippen molar-refractivity contribution in [3.63, 3.8) is 0 Å². The van der Waals surface area contributed by atoms with Gasteiger partial charge in [0.1, 0.15) is 12.6 Å². The predicted octanol–water partition coefficient (Wildman–Crippen LogP) is 12.5. The SMILES string of the molecule is C=CCCCCCCCCCCCCCCCC(=O)OC[C@H](COP(=O)(O)OC[C@H](N)C(=O)O)OC(=O)CCCCCCCCCCCCCCCCCCCC. The summed E-state index contributed by atoms with van der Waals surface area (Å²) >= 11 is 0. The number of aliphatic carboxylic acids is 1. The molecular weight excluding hydrogens is 745 g/mol. The second-order valence-electron chi connectivity index (χ2n) is 16.0. The molecule has 0 aliphatic carbocycles. The van der Waals surface area contributed by atoms with Crippen LogP contribution in [0.3, 0.4) is 0 Å². The van der Waals surface area contributed by atoms with Crippen molar-refractivity contribution >= 4 is 25.7 Å². The fraction of sp³-hybridized carbons (Fsp3) is 0.889. The molecule has 0 rings (SSSR count). The summed E-state index contributed by atoms with van der Waals surface area (Å²) < 4.78 is 32.8.